The number of nitrogens with one attached hydrogen (secondary N) is 2. The van der Waals surface area contributed by atoms with Crippen LogP contribution in [0.1, 0.15) is 24.2 Å². The van der Waals surface area contributed by atoms with Crippen molar-refractivity contribution in [2.45, 2.75) is 25.9 Å². The van der Waals surface area contributed by atoms with Crippen molar-refractivity contribution in [1.29, 1.82) is 0 Å². The van der Waals surface area contributed by atoms with Crippen LogP contribution in [0.4, 0.5) is 5.95 Å². The lowest BCUT2D eigenvalue weighted by molar-refractivity contribution is 0.0925. The molecule has 1 fully saturated rings. The van der Waals surface area contributed by atoms with Gasteiger partial charge in [-0.05, 0) is 13.8 Å². The van der Waals surface area contributed by atoms with Crippen LogP contribution in [-0.4, -0.2) is 73.7 Å². The standard InChI is InChI=1S/C15H25N5O4S/c1-10(2)18-15-16-5-11(6-17-15)14(21)19-13-8-24-7-12(13)9-25(22,23)20(3)4/h5-6,10,12-13H,7-9H2,1-4H3,(H,19,21)(H,16,17,18)/t12-,13+/m0/s1. The summed E-state index contributed by atoms with van der Waals surface area (Å²) >= 11 is 0. The minimum Gasteiger partial charge on any atom is -0.379 e. The lowest BCUT2D eigenvalue weighted by Crippen LogP contribution is -2.43. The van der Waals surface area contributed by atoms with Crippen LogP contribution in [0.2, 0.25) is 0 Å². The van der Waals surface area contributed by atoms with E-state index < -0.39 is 10.0 Å². The number of hydrogen-bond acceptors (Lipinski definition) is 7. The van der Waals surface area contributed by atoms with Gasteiger partial charge in [0.05, 0.1) is 30.6 Å². The molecular formula is C15H25N5O4S. The monoisotopic (exact) mass is 371 g/mol. The number of carbonyl (C=O) groups is 1. The highest BCUT2D eigenvalue weighted by Gasteiger charge is 2.34. The van der Waals surface area contributed by atoms with Gasteiger partial charge in [-0.15, -0.1) is 0 Å². The fourth-order valence-corrected chi connectivity index (χ4v) is 3.54. The van der Waals surface area contributed by atoms with Gasteiger partial charge < -0.3 is 15.4 Å². The van der Waals surface area contributed by atoms with Gasteiger partial charge in [-0.1, -0.05) is 0 Å². The van der Waals surface area contributed by atoms with Crippen molar-refractivity contribution >= 4 is 21.9 Å². The summed E-state index contributed by atoms with van der Waals surface area (Å²) in [5, 5.41) is 5.86. The summed E-state index contributed by atoms with van der Waals surface area (Å²) in [6.07, 6.45) is 2.88. The molecule has 1 aliphatic rings. The molecule has 2 atom stereocenters. The first-order valence-electron chi connectivity index (χ1n) is 8.06. The number of ether oxygens (including phenoxy) is 1. The van der Waals surface area contributed by atoms with Crippen LogP contribution in [0.5, 0.6) is 0 Å². The maximum atomic E-state index is 12.4. The van der Waals surface area contributed by atoms with Crippen molar-refractivity contribution in [2.24, 2.45) is 5.92 Å². The van der Waals surface area contributed by atoms with Gasteiger partial charge in [0, 0.05) is 38.4 Å². The molecule has 1 saturated heterocycles. The van der Waals surface area contributed by atoms with Crippen LogP contribution < -0.4 is 10.6 Å². The smallest absolute Gasteiger partial charge is 0.254 e. The highest BCUT2D eigenvalue weighted by Crippen LogP contribution is 2.17. The molecule has 2 heterocycles. The van der Waals surface area contributed by atoms with E-state index in [0.29, 0.717) is 18.1 Å². The van der Waals surface area contributed by atoms with E-state index >= 15 is 0 Å². The molecule has 0 aromatic carbocycles. The van der Waals surface area contributed by atoms with E-state index in [4.69, 9.17) is 4.74 Å². The maximum Gasteiger partial charge on any atom is 0.254 e. The molecule has 0 saturated carbocycles. The Bertz CT molecular complexity index is 690. The minimum absolute atomic E-state index is 0.0707. The first kappa shape index (κ1) is 19.5. The van der Waals surface area contributed by atoms with Crippen molar-refractivity contribution in [3.05, 3.63) is 18.0 Å². The van der Waals surface area contributed by atoms with Crippen LogP contribution in [0.25, 0.3) is 0 Å². The van der Waals surface area contributed by atoms with Gasteiger partial charge in [0.1, 0.15) is 0 Å². The molecule has 9 nitrogen and oxygen atoms in total. The van der Waals surface area contributed by atoms with Gasteiger partial charge in [0.25, 0.3) is 5.91 Å². The second-order valence-electron chi connectivity index (χ2n) is 6.53. The normalized spacial score (nSPS) is 20.9. The average molecular weight is 371 g/mol. The second-order valence-corrected chi connectivity index (χ2v) is 8.76. The summed E-state index contributed by atoms with van der Waals surface area (Å²) in [6, 6.07) is -0.176. The molecule has 0 spiro atoms. The summed E-state index contributed by atoms with van der Waals surface area (Å²) in [4.78, 5) is 20.6. The van der Waals surface area contributed by atoms with Crippen LogP contribution in [0, 0.1) is 5.92 Å². The molecule has 140 valence electrons. The Morgan fingerprint density at radius 3 is 2.52 bits per heavy atom. The Balaban J connectivity index is 1.99. The van der Waals surface area contributed by atoms with E-state index in [9.17, 15) is 13.2 Å². The van der Waals surface area contributed by atoms with Gasteiger partial charge in [0.2, 0.25) is 16.0 Å². The van der Waals surface area contributed by atoms with Gasteiger partial charge >= 0.3 is 0 Å². The summed E-state index contributed by atoms with van der Waals surface area (Å²) in [6.45, 7) is 4.51. The maximum absolute atomic E-state index is 12.4. The number of carbonyl (C=O) groups excluding carboxylic acids is 1. The van der Waals surface area contributed by atoms with Crippen molar-refractivity contribution < 1.29 is 17.9 Å². The summed E-state index contributed by atoms with van der Waals surface area (Å²) in [5.74, 6) is -0.262. The van der Waals surface area contributed by atoms with E-state index in [0.717, 1.165) is 0 Å². The Hall–Kier alpha value is -1.78. The van der Waals surface area contributed by atoms with E-state index in [1.807, 2.05) is 13.8 Å². The first-order chi connectivity index (χ1) is 11.7. The fraction of sp³-hybridized carbons (Fsp3) is 0.667. The Labute approximate surface area is 148 Å². The van der Waals surface area contributed by atoms with Crippen molar-refractivity contribution in [3.8, 4) is 0 Å². The molecular weight excluding hydrogens is 346 g/mol. The number of sulfonamides is 1. The average Bonchev–Trinajstić information content (AvgIpc) is 2.93. The molecule has 2 N–H and O–H groups in total. The lowest BCUT2D eigenvalue weighted by Gasteiger charge is -2.21. The lowest BCUT2D eigenvalue weighted by atomic mass is 10.1. The van der Waals surface area contributed by atoms with Crippen molar-refractivity contribution in [2.75, 3.05) is 38.4 Å². The SMILES string of the molecule is CC(C)Nc1ncc(C(=O)N[C@@H]2COC[C@H]2CS(=O)(=O)N(C)C)cn1. The highest BCUT2D eigenvalue weighted by atomic mass is 32.2. The Kier molecular flexibility index (Phi) is 6.31. The van der Waals surface area contributed by atoms with Crippen molar-refractivity contribution in [1.82, 2.24) is 19.6 Å². The molecule has 0 bridgehead atoms. The Morgan fingerprint density at radius 2 is 1.96 bits per heavy atom. The van der Waals surface area contributed by atoms with Gasteiger partial charge in [0.15, 0.2) is 0 Å². The number of amides is 1. The molecule has 0 radical (unpaired) electrons. The zero-order valence-corrected chi connectivity index (χ0v) is 15.7. The number of hydrogen-bond donors (Lipinski definition) is 2. The zero-order valence-electron chi connectivity index (χ0n) is 14.9. The Morgan fingerprint density at radius 1 is 1.32 bits per heavy atom. The molecule has 1 aromatic rings. The third kappa shape index (κ3) is 5.35. The van der Waals surface area contributed by atoms with Gasteiger partial charge in [-0.3, -0.25) is 4.79 Å². The quantitative estimate of drug-likeness (QED) is 0.690. The largest absolute Gasteiger partial charge is 0.379 e. The molecule has 1 aliphatic heterocycles. The molecule has 2 rings (SSSR count). The third-order valence-electron chi connectivity index (χ3n) is 3.83. The van der Waals surface area contributed by atoms with Gasteiger partial charge in [-0.25, -0.2) is 22.7 Å². The number of anilines is 1. The van der Waals surface area contributed by atoms with E-state index in [2.05, 4.69) is 20.6 Å². The molecule has 25 heavy (non-hydrogen) atoms. The molecule has 0 unspecified atom stereocenters. The van der Waals surface area contributed by atoms with Gasteiger partial charge in [-0.2, -0.15) is 0 Å². The predicted molar refractivity (Wildman–Crippen MR) is 93.8 cm³/mol. The second kappa shape index (κ2) is 8.07. The third-order valence-corrected chi connectivity index (χ3v) is 5.79. The number of aromatic nitrogens is 2. The summed E-state index contributed by atoms with van der Waals surface area (Å²) in [5.41, 5.74) is 0.315. The van der Waals surface area contributed by atoms with E-state index in [1.165, 1.54) is 30.8 Å². The minimum atomic E-state index is -3.36. The number of rotatable bonds is 7. The van der Waals surface area contributed by atoms with E-state index in [-0.39, 0.29) is 36.3 Å². The fourth-order valence-electron chi connectivity index (χ4n) is 2.37. The predicted octanol–water partition coefficient (Wildman–Crippen LogP) is -0.0669. The van der Waals surface area contributed by atoms with Crippen LogP contribution in [0.15, 0.2) is 12.4 Å². The molecule has 1 aromatic heterocycles. The zero-order chi connectivity index (χ0) is 18.6. The molecule has 1 amide bonds. The molecule has 0 aliphatic carbocycles. The topological polar surface area (TPSA) is 114 Å². The molecule has 10 heteroatoms. The van der Waals surface area contributed by atoms with Crippen molar-refractivity contribution in [3.63, 3.8) is 0 Å². The number of nitrogens with zero attached hydrogens (tertiary/aromatic N) is 3. The first-order valence-corrected chi connectivity index (χ1v) is 9.67. The highest BCUT2D eigenvalue weighted by molar-refractivity contribution is 7.89. The van der Waals surface area contributed by atoms with Crippen LogP contribution >= 0.6 is 0 Å². The van der Waals surface area contributed by atoms with Crippen LogP contribution in [-0.2, 0) is 14.8 Å². The summed E-state index contributed by atoms with van der Waals surface area (Å²) < 4.78 is 30.6. The van der Waals surface area contributed by atoms with E-state index in [1.54, 1.807) is 0 Å². The van der Waals surface area contributed by atoms with Crippen LogP contribution in [0.3, 0.4) is 0 Å². The summed E-state index contributed by atoms with van der Waals surface area (Å²) in [7, 11) is -0.385.